The van der Waals surface area contributed by atoms with Crippen molar-refractivity contribution >= 4 is 27.4 Å². The summed E-state index contributed by atoms with van der Waals surface area (Å²) < 4.78 is 0.881. The summed E-state index contributed by atoms with van der Waals surface area (Å²) in [7, 11) is 0. The van der Waals surface area contributed by atoms with Crippen molar-refractivity contribution in [1.29, 1.82) is 0 Å². The molecule has 0 amide bonds. The summed E-state index contributed by atoms with van der Waals surface area (Å²) in [5.74, 6) is 0.793. The summed E-state index contributed by atoms with van der Waals surface area (Å²) in [5.41, 5.74) is 6.62. The Bertz CT molecular complexity index is 372. The zero-order valence-corrected chi connectivity index (χ0v) is 10.7. The smallest absolute Gasteiger partial charge is 0.152 e. The van der Waals surface area contributed by atoms with E-state index in [1.807, 2.05) is 6.07 Å². The first-order chi connectivity index (χ1) is 7.72. The summed E-state index contributed by atoms with van der Waals surface area (Å²) in [4.78, 5) is 6.46. The first-order valence-corrected chi connectivity index (χ1v) is 6.30. The Hall–Kier alpha value is -0.810. The van der Waals surface area contributed by atoms with Crippen LogP contribution < -0.4 is 10.6 Å². The molecule has 2 heterocycles. The molecule has 4 nitrogen and oxygen atoms in total. The SMILES string of the molecule is Nc1cc(Br)cnc1N1CCCCC1CO. The molecule has 88 valence electrons. The van der Waals surface area contributed by atoms with Crippen molar-refractivity contribution in [2.45, 2.75) is 25.3 Å². The molecular formula is C11H16BrN3O. The number of halogens is 1. The maximum Gasteiger partial charge on any atom is 0.152 e. The lowest BCUT2D eigenvalue weighted by Gasteiger charge is -2.36. The fourth-order valence-electron chi connectivity index (χ4n) is 2.16. The third kappa shape index (κ3) is 2.30. The molecule has 1 atom stereocenters. The van der Waals surface area contributed by atoms with Crippen LogP contribution in [0.25, 0.3) is 0 Å². The van der Waals surface area contributed by atoms with Crippen molar-refractivity contribution in [2.75, 3.05) is 23.8 Å². The van der Waals surface area contributed by atoms with Gasteiger partial charge in [-0.1, -0.05) is 0 Å². The van der Waals surface area contributed by atoms with Crippen LogP contribution in [0.2, 0.25) is 0 Å². The molecule has 1 aliphatic rings. The van der Waals surface area contributed by atoms with E-state index in [-0.39, 0.29) is 12.6 Å². The van der Waals surface area contributed by atoms with Gasteiger partial charge in [0.05, 0.1) is 18.3 Å². The molecule has 1 unspecified atom stereocenters. The van der Waals surface area contributed by atoms with Gasteiger partial charge >= 0.3 is 0 Å². The normalized spacial score (nSPS) is 21.1. The Labute approximate surface area is 104 Å². The van der Waals surface area contributed by atoms with Crippen LogP contribution in [0.3, 0.4) is 0 Å². The van der Waals surface area contributed by atoms with Crippen LogP contribution >= 0.6 is 15.9 Å². The third-order valence-corrected chi connectivity index (χ3v) is 3.41. The van der Waals surface area contributed by atoms with Gasteiger partial charge in [-0.25, -0.2) is 4.98 Å². The molecule has 1 fully saturated rings. The number of aliphatic hydroxyl groups is 1. The number of nitrogens with zero attached hydrogens (tertiary/aromatic N) is 2. The van der Waals surface area contributed by atoms with Crippen LogP contribution in [0, 0.1) is 0 Å². The molecule has 0 aliphatic carbocycles. The van der Waals surface area contributed by atoms with E-state index in [1.54, 1.807) is 6.20 Å². The Morgan fingerprint density at radius 1 is 1.56 bits per heavy atom. The Morgan fingerprint density at radius 2 is 2.38 bits per heavy atom. The minimum atomic E-state index is 0.157. The highest BCUT2D eigenvalue weighted by atomic mass is 79.9. The monoisotopic (exact) mass is 285 g/mol. The van der Waals surface area contributed by atoms with Gasteiger partial charge in [-0.2, -0.15) is 0 Å². The number of piperidine rings is 1. The first-order valence-electron chi connectivity index (χ1n) is 5.51. The van der Waals surface area contributed by atoms with E-state index in [0.717, 1.165) is 36.1 Å². The minimum absolute atomic E-state index is 0.157. The lowest BCUT2D eigenvalue weighted by Crippen LogP contribution is -2.42. The molecule has 0 spiro atoms. The molecule has 1 aromatic heterocycles. The molecule has 1 aromatic rings. The highest BCUT2D eigenvalue weighted by molar-refractivity contribution is 9.10. The van der Waals surface area contributed by atoms with Gasteiger partial charge in [-0.05, 0) is 41.3 Å². The molecular weight excluding hydrogens is 270 g/mol. The molecule has 0 radical (unpaired) electrons. The van der Waals surface area contributed by atoms with Crippen molar-refractivity contribution < 1.29 is 5.11 Å². The molecule has 0 aromatic carbocycles. The van der Waals surface area contributed by atoms with Crippen molar-refractivity contribution in [3.63, 3.8) is 0 Å². The molecule has 2 rings (SSSR count). The van der Waals surface area contributed by atoms with Crippen LogP contribution in [0.15, 0.2) is 16.7 Å². The van der Waals surface area contributed by atoms with E-state index in [0.29, 0.717) is 5.69 Å². The number of aliphatic hydroxyl groups excluding tert-OH is 1. The zero-order valence-electron chi connectivity index (χ0n) is 9.06. The summed E-state index contributed by atoms with van der Waals surface area (Å²) in [6.07, 6.45) is 5.05. The molecule has 0 saturated carbocycles. The van der Waals surface area contributed by atoms with Gasteiger partial charge in [-0.15, -0.1) is 0 Å². The average molecular weight is 286 g/mol. The molecule has 1 aliphatic heterocycles. The van der Waals surface area contributed by atoms with Gasteiger partial charge in [0.1, 0.15) is 0 Å². The van der Waals surface area contributed by atoms with E-state index in [1.165, 1.54) is 0 Å². The molecule has 1 saturated heterocycles. The summed E-state index contributed by atoms with van der Waals surface area (Å²) in [6, 6.07) is 2.01. The van der Waals surface area contributed by atoms with Crippen molar-refractivity contribution in [2.24, 2.45) is 0 Å². The average Bonchev–Trinajstić information content (AvgIpc) is 2.29. The molecule has 3 N–H and O–H groups in total. The maximum atomic E-state index is 9.35. The van der Waals surface area contributed by atoms with Crippen molar-refractivity contribution in [3.8, 4) is 0 Å². The number of nitrogen functional groups attached to an aromatic ring is 1. The zero-order chi connectivity index (χ0) is 11.5. The predicted molar refractivity (Wildman–Crippen MR) is 68.4 cm³/mol. The lowest BCUT2D eigenvalue weighted by molar-refractivity contribution is 0.239. The van der Waals surface area contributed by atoms with E-state index < -0.39 is 0 Å². The number of hydrogen-bond acceptors (Lipinski definition) is 4. The number of pyridine rings is 1. The van der Waals surface area contributed by atoms with Gasteiger partial charge in [0.15, 0.2) is 5.82 Å². The maximum absolute atomic E-state index is 9.35. The van der Waals surface area contributed by atoms with Crippen LogP contribution in [0.1, 0.15) is 19.3 Å². The van der Waals surface area contributed by atoms with Gasteiger partial charge in [0.2, 0.25) is 0 Å². The Kier molecular flexibility index (Phi) is 3.66. The molecule has 5 heteroatoms. The van der Waals surface area contributed by atoms with E-state index >= 15 is 0 Å². The summed E-state index contributed by atoms with van der Waals surface area (Å²) >= 11 is 3.34. The Balaban J connectivity index is 2.27. The second kappa shape index (κ2) is 5.01. The van der Waals surface area contributed by atoms with E-state index in [2.05, 4.69) is 25.8 Å². The third-order valence-electron chi connectivity index (χ3n) is 2.97. The second-order valence-electron chi connectivity index (χ2n) is 4.09. The topological polar surface area (TPSA) is 62.4 Å². The lowest BCUT2D eigenvalue weighted by atomic mass is 10.0. The minimum Gasteiger partial charge on any atom is -0.396 e. The molecule has 16 heavy (non-hydrogen) atoms. The van der Waals surface area contributed by atoms with Crippen molar-refractivity contribution in [3.05, 3.63) is 16.7 Å². The van der Waals surface area contributed by atoms with Crippen LogP contribution in [0.5, 0.6) is 0 Å². The van der Waals surface area contributed by atoms with Crippen LogP contribution in [-0.4, -0.2) is 29.3 Å². The molecule has 0 bridgehead atoms. The second-order valence-corrected chi connectivity index (χ2v) is 5.01. The number of hydrogen-bond donors (Lipinski definition) is 2. The highest BCUT2D eigenvalue weighted by Crippen LogP contribution is 2.29. The van der Waals surface area contributed by atoms with Crippen molar-refractivity contribution in [1.82, 2.24) is 4.98 Å². The highest BCUT2D eigenvalue weighted by Gasteiger charge is 2.24. The number of aromatic nitrogens is 1. The van der Waals surface area contributed by atoms with Crippen LogP contribution in [0.4, 0.5) is 11.5 Å². The fourth-order valence-corrected chi connectivity index (χ4v) is 2.51. The number of rotatable bonds is 2. The fraction of sp³-hybridized carbons (Fsp3) is 0.545. The number of anilines is 2. The number of nitrogens with two attached hydrogens (primary N) is 1. The van der Waals surface area contributed by atoms with E-state index in [4.69, 9.17) is 5.73 Å². The quantitative estimate of drug-likeness (QED) is 0.870. The predicted octanol–water partition coefficient (Wildman–Crippen LogP) is 1.78. The van der Waals surface area contributed by atoms with Crippen LogP contribution in [-0.2, 0) is 0 Å². The Morgan fingerprint density at radius 3 is 3.06 bits per heavy atom. The summed E-state index contributed by atoms with van der Waals surface area (Å²) in [6.45, 7) is 1.08. The standard InChI is InChI=1S/C11H16BrN3O/c12-8-5-10(13)11(14-6-8)15-4-2-1-3-9(15)7-16/h5-6,9,16H,1-4,7,13H2. The van der Waals surface area contributed by atoms with Gasteiger partial charge < -0.3 is 15.7 Å². The van der Waals surface area contributed by atoms with Gasteiger partial charge in [-0.3, -0.25) is 0 Å². The summed E-state index contributed by atoms with van der Waals surface area (Å²) in [5, 5.41) is 9.35. The van der Waals surface area contributed by atoms with Gasteiger partial charge in [0, 0.05) is 17.2 Å². The first kappa shape index (κ1) is 11.7. The largest absolute Gasteiger partial charge is 0.396 e. The van der Waals surface area contributed by atoms with Gasteiger partial charge in [0.25, 0.3) is 0 Å². The van der Waals surface area contributed by atoms with E-state index in [9.17, 15) is 5.11 Å².